The molecule has 0 radical (unpaired) electrons. The van der Waals surface area contributed by atoms with Crippen molar-refractivity contribution in [2.24, 2.45) is 0 Å². The molecule has 5 nitrogen and oxygen atoms in total. The number of esters is 1. The molecule has 1 aliphatic rings. The number of thioether (sulfide) groups is 1. The van der Waals surface area contributed by atoms with E-state index in [4.69, 9.17) is 26.4 Å². The van der Waals surface area contributed by atoms with Crippen LogP contribution in [0.4, 0.5) is 0 Å². The summed E-state index contributed by atoms with van der Waals surface area (Å²) in [5.41, 5.74) is 1.12. The molecule has 1 aliphatic heterocycles. The SMILES string of the molecule is C=CCc1ccc(OCCSC(=S)N[C@H]2CCOC2=O)c(OC)c1. The third-order valence-electron chi connectivity index (χ3n) is 3.41. The largest absolute Gasteiger partial charge is 0.493 e. The van der Waals surface area contributed by atoms with E-state index in [1.807, 2.05) is 24.3 Å². The Morgan fingerprint density at radius 3 is 3.04 bits per heavy atom. The highest BCUT2D eigenvalue weighted by Gasteiger charge is 2.26. The van der Waals surface area contributed by atoms with Gasteiger partial charge >= 0.3 is 5.97 Å². The Bertz CT molecular complexity index is 606. The summed E-state index contributed by atoms with van der Waals surface area (Å²) in [5, 5.41) is 3.00. The van der Waals surface area contributed by atoms with Crippen molar-refractivity contribution in [1.29, 1.82) is 0 Å². The van der Waals surface area contributed by atoms with Crippen molar-refractivity contribution in [2.45, 2.75) is 18.9 Å². The zero-order valence-corrected chi connectivity index (χ0v) is 15.2. The van der Waals surface area contributed by atoms with Crippen LogP contribution < -0.4 is 14.8 Å². The second-order valence-electron chi connectivity index (χ2n) is 5.12. The molecule has 0 aromatic heterocycles. The monoisotopic (exact) mass is 367 g/mol. The molecular weight excluding hydrogens is 346 g/mol. The predicted octanol–water partition coefficient (Wildman–Crippen LogP) is 2.73. The molecule has 0 saturated carbocycles. The molecule has 24 heavy (non-hydrogen) atoms. The summed E-state index contributed by atoms with van der Waals surface area (Å²) in [4.78, 5) is 11.4. The first-order valence-electron chi connectivity index (χ1n) is 7.64. The molecule has 0 amide bonds. The summed E-state index contributed by atoms with van der Waals surface area (Å²) in [6, 6.07) is 5.52. The maximum Gasteiger partial charge on any atom is 0.328 e. The summed E-state index contributed by atoms with van der Waals surface area (Å²) in [6.45, 7) is 4.67. The molecule has 0 spiro atoms. The van der Waals surface area contributed by atoms with Gasteiger partial charge in [-0.2, -0.15) is 0 Å². The number of hydrogen-bond donors (Lipinski definition) is 1. The lowest BCUT2D eigenvalue weighted by molar-refractivity contribution is -0.139. The molecule has 1 heterocycles. The fraction of sp³-hybridized carbons (Fsp3) is 0.412. The number of carbonyl (C=O) groups excluding carboxylic acids is 1. The van der Waals surface area contributed by atoms with Gasteiger partial charge in [0.1, 0.15) is 10.4 Å². The van der Waals surface area contributed by atoms with Crippen molar-refractivity contribution in [3.05, 3.63) is 36.4 Å². The summed E-state index contributed by atoms with van der Waals surface area (Å²) in [6.07, 6.45) is 3.29. The molecule has 0 aliphatic carbocycles. The normalized spacial score (nSPS) is 16.4. The number of benzene rings is 1. The zero-order valence-electron chi connectivity index (χ0n) is 13.6. The average molecular weight is 367 g/mol. The van der Waals surface area contributed by atoms with Gasteiger partial charge in [-0.25, -0.2) is 4.79 Å². The van der Waals surface area contributed by atoms with Crippen LogP contribution in [0.2, 0.25) is 0 Å². The first-order valence-corrected chi connectivity index (χ1v) is 9.04. The molecule has 1 saturated heterocycles. The minimum absolute atomic E-state index is 0.237. The van der Waals surface area contributed by atoms with E-state index in [2.05, 4.69) is 11.9 Å². The second kappa shape index (κ2) is 9.54. The van der Waals surface area contributed by atoms with Gasteiger partial charge in [0.15, 0.2) is 11.5 Å². The minimum Gasteiger partial charge on any atom is -0.493 e. The Hall–Kier alpha value is -1.73. The summed E-state index contributed by atoms with van der Waals surface area (Å²) in [5.74, 6) is 1.84. The van der Waals surface area contributed by atoms with E-state index in [0.717, 1.165) is 12.0 Å². The molecule has 1 aromatic rings. The molecular formula is C17H21NO4S2. The van der Waals surface area contributed by atoms with Crippen LogP contribution in [0.25, 0.3) is 0 Å². The average Bonchev–Trinajstić information content (AvgIpc) is 2.97. The van der Waals surface area contributed by atoms with Gasteiger partial charge in [-0.3, -0.25) is 0 Å². The topological polar surface area (TPSA) is 56.8 Å². The Morgan fingerprint density at radius 1 is 1.54 bits per heavy atom. The third kappa shape index (κ3) is 5.42. The van der Waals surface area contributed by atoms with Crippen molar-refractivity contribution in [3.8, 4) is 11.5 Å². The standard InChI is InChI=1S/C17H21NO4S2/c1-3-4-12-5-6-14(15(11-12)20-2)21-9-10-24-17(23)18-13-7-8-22-16(13)19/h3,5-6,11,13H,1,4,7-10H2,2H3,(H,18,23)/t13-/m0/s1. The molecule has 7 heteroatoms. The highest BCUT2D eigenvalue weighted by Crippen LogP contribution is 2.28. The first kappa shape index (κ1) is 18.6. The van der Waals surface area contributed by atoms with Gasteiger partial charge in [-0.05, 0) is 24.1 Å². The number of hydrogen-bond acceptors (Lipinski definition) is 6. The Labute approximate surface area is 151 Å². The first-order chi connectivity index (χ1) is 11.6. The smallest absolute Gasteiger partial charge is 0.328 e. The maximum atomic E-state index is 11.4. The Morgan fingerprint density at radius 2 is 2.38 bits per heavy atom. The second-order valence-corrected chi connectivity index (χ2v) is 6.89. The highest BCUT2D eigenvalue weighted by atomic mass is 32.2. The van der Waals surface area contributed by atoms with E-state index in [1.54, 1.807) is 7.11 Å². The van der Waals surface area contributed by atoms with Crippen molar-refractivity contribution in [1.82, 2.24) is 5.32 Å². The lowest BCUT2D eigenvalue weighted by Gasteiger charge is -2.13. The van der Waals surface area contributed by atoms with Gasteiger partial charge in [0, 0.05) is 12.2 Å². The van der Waals surface area contributed by atoms with Crippen molar-refractivity contribution >= 4 is 34.3 Å². The molecule has 1 aromatic carbocycles. The van der Waals surface area contributed by atoms with Gasteiger partial charge in [-0.15, -0.1) is 6.58 Å². The van der Waals surface area contributed by atoms with E-state index < -0.39 is 0 Å². The zero-order chi connectivity index (χ0) is 17.4. The quantitative estimate of drug-likeness (QED) is 0.328. The summed E-state index contributed by atoms with van der Waals surface area (Å²) < 4.78 is 16.6. The van der Waals surface area contributed by atoms with Crippen LogP contribution in [0.1, 0.15) is 12.0 Å². The molecule has 1 N–H and O–H groups in total. The fourth-order valence-electron chi connectivity index (χ4n) is 2.22. The van der Waals surface area contributed by atoms with Gasteiger partial charge in [-0.1, -0.05) is 36.1 Å². The van der Waals surface area contributed by atoms with E-state index >= 15 is 0 Å². The Balaban J connectivity index is 1.74. The van der Waals surface area contributed by atoms with Crippen LogP contribution in [0.5, 0.6) is 11.5 Å². The van der Waals surface area contributed by atoms with Crippen molar-refractivity contribution in [3.63, 3.8) is 0 Å². The molecule has 2 rings (SSSR count). The lowest BCUT2D eigenvalue weighted by Crippen LogP contribution is -2.35. The number of thiocarbonyl (C=S) groups is 1. The van der Waals surface area contributed by atoms with Gasteiger partial charge in [0.05, 0.1) is 20.3 Å². The van der Waals surface area contributed by atoms with Crippen LogP contribution in [0.15, 0.2) is 30.9 Å². The predicted molar refractivity (Wildman–Crippen MR) is 99.9 cm³/mol. The molecule has 1 fully saturated rings. The van der Waals surface area contributed by atoms with E-state index in [9.17, 15) is 4.79 Å². The maximum absolute atomic E-state index is 11.4. The van der Waals surface area contributed by atoms with E-state index in [1.165, 1.54) is 11.8 Å². The van der Waals surface area contributed by atoms with E-state index in [-0.39, 0.29) is 12.0 Å². The van der Waals surface area contributed by atoms with Crippen LogP contribution in [0, 0.1) is 0 Å². The highest BCUT2D eigenvalue weighted by molar-refractivity contribution is 8.22. The number of carbonyl (C=O) groups is 1. The molecule has 0 bridgehead atoms. The Kier molecular flexibility index (Phi) is 7.39. The van der Waals surface area contributed by atoms with Crippen LogP contribution in [0.3, 0.4) is 0 Å². The van der Waals surface area contributed by atoms with Crippen molar-refractivity contribution in [2.75, 3.05) is 26.1 Å². The molecule has 130 valence electrons. The number of methoxy groups -OCH3 is 1. The lowest BCUT2D eigenvalue weighted by atomic mass is 10.1. The third-order valence-corrected chi connectivity index (χ3v) is 4.63. The van der Waals surface area contributed by atoms with Crippen LogP contribution >= 0.6 is 24.0 Å². The van der Waals surface area contributed by atoms with E-state index in [0.29, 0.717) is 41.2 Å². The number of ether oxygens (including phenoxy) is 3. The molecule has 1 atom stereocenters. The number of allylic oxidation sites excluding steroid dienone is 1. The fourth-order valence-corrected chi connectivity index (χ4v) is 3.19. The van der Waals surface area contributed by atoms with Gasteiger partial charge in [0.2, 0.25) is 0 Å². The number of cyclic esters (lactones) is 1. The summed E-state index contributed by atoms with van der Waals surface area (Å²) in [7, 11) is 1.62. The van der Waals surface area contributed by atoms with Gasteiger partial charge < -0.3 is 19.5 Å². The van der Waals surface area contributed by atoms with Crippen LogP contribution in [-0.4, -0.2) is 42.4 Å². The molecule has 0 unspecified atom stereocenters. The number of nitrogens with one attached hydrogen (secondary N) is 1. The van der Waals surface area contributed by atoms with Crippen LogP contribution in [-0.2, 0) is 16.0 Å². The summed E-state index contributed by atoms with van der Waals surface area (Å²) >= 11 is 6.67. The minimum atomic E-state index is -0.316. The number of rotatable bonds is 8. The van der Waals surface area contributed by atoms with Gasteiger partial charge in [0.25, 0.3) is 0 Å². The van der Waals surface area contributed by atoms with Crippen molar-refractivity contribution < 1.29 is 19.0 Å².